The van der Waals surface area contributed by atoms with E-state index in [-0.39, 0.29) is 0 Å². The second kappa shape index (κ2) is 5.50. The molecule has 2 heterocycles. The molecule has 0 bridgehead atoms. The number of nitrogens with zero attached hydrogens (tertiary/aromatic N) is 2. The number of carboxylic acids is 1. The van der Waals surface area contributed by atoms with Gasteiger partial charge in [-0.1, -0.05) is 24.3 Å². The first-order valence-corrected chi connectivity index (χ1v) is 6.35. The molecule has 0 saturated carbocycles. The molecule has 0 saturated heterocycles. The Balaban J connectivity index is 2.08. The number of rotatable bonds is 4. The number of aromatic nitrogens is 2. The lowest BCUT2D eigenvalue weighted by Gasteiger charge is -2.03. The molecule has 0 aliphatic rings. The van der Waals surface area contributed by atoms with Gasteiger partial charge in [0.25, 0.3) is 0 Å². The topological polar surface area (TPSA) is 63.8 Å². The summed E-state index contributed by atoms with van der Waals surface area (Å²) in [6.07, 6.45) is 4.34. The van der Waals surface area contributed by atoms with Crippen LogP contribution in [0, 0.1) is 0 Å². The van der Waals surface area contributed by atoms with Gasteiger partial charge in [-0.3, -0.25) is 4.40 Å². The lowest BCUT2D eigenvalue weighted by molar-refractivity contribution is -0.131. The summed E-state index contributed by atoms with van der Waals surface area (Å²) in [7, 11) is 0. The monoisotopic (exact) mass is 280 g/mol. The van der Waals surface area contributed by atoms with Crippen molar-refractivity contribution in [3.05, 3.63) is 66.5 Å². The van der Waals surface area contributed by atoms with Crippen molar-refractivity contribution in [3.8, 4) is 11.6 Å². The standard InChI is InChI=1S/C16H12N2O3/c19-15(20)10-9-13-16(21-12-6-2-1-3-7-12)17-14-8-4-5-11-18(13)14/h1-11H,(H,19,20)/b10-9+. The highest BCUT2D eigenvalue weighted by molar-refractivity contribution is 5.85. The maximum Gasteiger partial charge on any atom is 0.328 e. The number of benzene rings is 1. The second-order valence-corrected chi connectivity index (χ2v) is 4.32. The minimum absolute atomic E-state index is 0.366. The number of aliphatic carboxylic acids is 1. The Morgan fingerprint density at radius 2 is 1.90 bits per heavy atom. The highest BCUT2D eigenvalue weighted by Gasteiger charge is 2.12. The first kappa shape index (κ1) is 12.9. The van der Waals surface area contributed by atoms with E-state index < -0.39 is 5.97 Å². The van der Waals surface area contributed by atoms with Crippen LogP contribution in [0.15, 0.2) is 60.8 Å². The zero-order chi connectivity index (χ0) is 14.7. The molecule has 0 radical (unpaired) electrons. The van der Waals surface area contributed by atoms with Crippen molar-refractivity contribution in [2.45, 2.75) is 0 Å². The Bertz CT molecular complexity index is 807. The molecule has 0 spiro atoms. The summed E-state index contributed by atoms with van der Waals surface area (Å²) in [5.41, 5.74) is 1.27. The number of ether oxygens (including phenoxy) is 1. The minimum atomic E-state index is -1.02. The van der Waals surface area contributed by atoms with Crippen LogP contribution in [0.2, 0.25) is 0 Å². The van der Waals surface area contributed by atoms with Gasteiger partial charge in [0.1, 0.15) is 17.1 Å². The van der Waals surface area contributed by atoms with E-state index in [4.69, 9.17) is 9.84 Å². The van der Waals surface area contributed by atoms with E-state index in [0.29, 0.717) is 23.0 Å². The van der Waals surface area contributed by atoms with Crippen molar-refractivity contribution in [3.63, 3.8) is 0 Å². The number of imidazole rings is 1. The quantitative estimate of drug-likeness (QED) is 0.745. The summed E-state index contributed by atoms with van der Waals surface area (Å²) in [6, 6.07) is 14.8. The van der Waals surface area contributed by atoms with Crippen LogP contribution in [-0.2, 0) is 4.79 Å². The van der Waals surface area contributed by atoms with Gasteiger partial charge in [0.05, 0.1) is 0 Å². The SMILES string of the molecule is O=C(O)/C=C/c1c(Oc2ccccc2)nc2ccccn12. The number of para-hydroxylation sites is 1. The first-order chi connectivity index (χ1) is 10.2. The Labute approximate surface area is 120 Å². The van der Waals surface area contributed by atoms with Gasteiger partial charge in [0.15, 0.2) is 0 Å². The number of carbonyl (C=O) groups is 1. The van der Waals surface area contributed by atoms with Gasteiger partial charge in [-0.2, -0.15) is 4.98 Å². The van der Waals surface area contributed by atoms with Gasteiger partial charge in [0, 0.05) is 12.3 Å². The van der Waals surface area contributed by atoms with Gasteiger partial charge in [-0.15, -0.1) is 0 Å². The van der Waals surface area contributed by atoms with Crippen LogP contribution in [0.4, 0.5) is 0 Å². The van der Waals surface area contributed by atoms with Crippen LogP contribution in [-0.4, -0.2) is 20.5 Å². The molecule has 0 amide bonds. The molecule has 0 atom stereocenters. The summed E-state index contributed by atoms with van der Waals surface area (Å²) in [5.74, 6) is -0.0117. The fourth-order valence-electron chi connectivity index (χ4n) is 1.97. The molecule has 3 rings (SSSR count). The molecule has 21 heavy (non-hydrogen) atoms. The molecule has 0 aliphatic carbocycles. The Morgan fingerprint density at radius 3 is 2.67 bits per heavy atom. The van der Waals surface area contributed by atoms with Crippen molar-refractivity contribution >= 4 is 17.7 Å². The zero-order valence-electron chi connectivity index (χ0n) is 11.0. The van der Waals surface area contributed by atoms with Crippen LogP contribution >= 0.6 is 0 Å². The van der Waals surface area contributed by atoms with E-state index in [2.05, 4.69) is 4.98 Å². The molecule has 0 fully saturated rings. The predicted octanol–water partition coefficient (Wildman–Crippen LogP) is 3.22. The first-order valence-electron chi connectivity index (χ1n) is 6.35. The summed E-state index contributed by atoms with van der Waals surface area (Å²) < 4.78 is 7.53. The molecule has 0 unspecified atom stereocenters. The molecule has 5 nitrogen and oxygen atoms in total. The molecule has 1 aromatic carbocycles. The van der Waals surface area contributed by atoms with Gasteiger partial charge >= 0.3 is 5.97 Å². The lowest BCUT2D eigenvalue weighted by atomic mass is 10.3. The second-order valence-electron chi connectivity index (χ2n) is 4.32. The molecule has 104 valence electrons. The largest absolute Gasteiger partial charge is 0.478 e. The van der Waals surface area contributed by atoms with Gasteiger partial charge < -0.3 is 9.84 Å². The van der Waals surface area contributed by atoms with E-state index in [1.165, 1.54) is 6.08 Å². The molecule has 0 aliphatic heterocycles. The molecule has 1 N–H and O–H groups in total. The maximum absolute atomic E-state index is 10.7. The highest BCUT2D eigenvalue weighted by atomic mass is 16.5. The number of pyridine rings is 1. The zero-order valence-corrected chi connectivity index (χ0v) is 11.0. The van der Waals surface area contributed by atoms with Crippen LogP contribution < -0.4 is 4.74 Å². The Hall–Kier alpha value is -3.08. The molecule has 3 aromatic rings. The smallest absolute Gasteiger partial charge is 0.328 e. The summed E-state index contributed by atoms with van der Waals surface area (Å²) in [6.45, 7) is 0. The summed E-state index contributed by atoms with van der Waals surface area (Å²) in [5, 5.41) is 8.81. The fourth-order valence-corrected chi connectivity index (χ4v) is 1.97. The number of hydrogen-bond acceptors (Lipinski definition) is 3. The van der Waals surface area contributed by atoms with E-state index in [1.807, 2.05) is 54.7 Å². The van der Waals surface area contributed by atoms with Gasteiger partial charge in [-0.25, -0.2) is 4.79 Å². The molecular weight excluding hydrogens is 268 g/mol. The van der Waals surface area contributed by atoms with Crippen LogP contribution in [0.25, 0.3) is 11.7 Å². The van der Waals surface area contributed by atoms with E-state index >= 15 is 0 Å². The Kier molecular flexibility index (Phi) is 3.39. The van der Waals surface area contributed by atoms with Crippen molar-refractivity contribution < 1.29 is 14.6 Å². The number of fused-ring (bicyclic) bond motifs is 1. The van der Waals surface area contributed by atoms with Gasteiger partial charge in [0.2, 0.25) is 5.88 Å². The number of carboxylic acid groups (broad SMARTS) is 1. The molecule has 2 aromatic heterocycles. The van der Waals surface area contributed by atoms with Crippen LogP contribution in [0.3, 0.4) is 0 Å². The van der Waals surface area contributed by atoms with Gasteiger partial charge in [-0.05, 0) is 30.3 Å². The minimum Gasteiger partial charge on any atom is -0.478 e. The average molecular weight is 280 g/mol. The molecule has 5 heteroatoms. The van der Waals surface area contributed by atoms with E-state index in [9.17, 15) is 4.79 Å². The predicted molar refractivity (Wildman–Crippen MR) is 78.4 cm³/mol. The fraction of sp³-hybridized carbons (Fsp3) is 0. The summed E-state index contributed by atoms with van der Waals surface area (Å²) >= 11 is 0. The third-order valence-corrected chi connectivity index (χ3v) is 2.87. The van der Waals surface area contributed by atoms with Crippen molar-refractivity contribution in [1.29, 1.82) is 0 Å². The summed E-state index contributed by atoms with van der Waals surface area (Å²) in [4.78, 5) is 15.1. The van der Waals surface area contributed by atoms with Crippen molar-refractivity contribution in [1.82, 2.24) is 9.38 Å². The number of hydrogen-bond donors (Lipinski definition) is 1. The molecular formula is C16H12N2O3. The van der Waals surface area contributed by atoms with Crippen LogP contribution in [0.1, 0.15) is 5.69 Å². The Morgan fingerprint density at radius 1 is 1.14 bits per heavy atom. The normalized spacial score (nSPS) is 11.0. The highest BCUT2D eigenvalue weighted by Crippen LogP contribution is 2.26. The van der Waals surface area contributed by atoms with Crippen LogP contribution in [0.5, 0.6) is 11.6 Å². The average Bonchev–Trinajstić information content (AvgIpc) is 2.83. The third kappa shape index (κ3) is 2.76. The maximum atomic E-state index is 10.7. The van der Waals surface area contributed by atoms with E-state index in [0.717, 1.165) is 6.08 Å². The van der Waals surface area contributed by atoms with Crippen molar-refractivity contribution in [2.75, 3.05) is 0 Å². The third-order valence-electron chi connectivity index (χ3n) is 2.87. The van der Waals surface area contributed by atoms with E-state index in [1.54, 1.807) is 4.40 Å². The lowest BCUT2D eigenvalue weighted by Crippen LogP contribution is -1.91. The van der Waals surface area contributed by atoms with Crippen molar-refractivity contribution in [2.24, 2.45) is 0 Å².